The minimum absolute atomic E-state index is 0.0734. The lowest BCUT2D eigenvalue weighted by atomic mass is 9.72. The molecule has 5 nitrogen and oxygen atoms in total. The molecule has 1 aromatic carbocycles. The Morgan fingerprint density at radius 2 is 1.80 bits per heavy atom. The standard InChI is InChI=1S/C24H33N3O2S/c1-4-26(5-2)22(20-11-16-30-18-20)17-25-23(29)24(21-9-7-6-8-10-21)12-14-27(15-13-24)19(3)28/h6-11,16,18,22H,4-5,12-15,17H2,1-3H3,(H,25,29). The van der Waals surface area contributed by atoms with Crippen molar-refractivity contribution in [3.8, 4) is 0 Å². The van der Waals surface area contributed by atoms with Crippen LogP contribution in [0, 0.1) is 0 Å². The number of likely N-dealkylation sites (tertiary alicyclic amines) is 1. The van der Waals surface area contributed by atoms with E-state index in [1.807, 2.05) is 35.2 Å². The topological polar surface area (TPSA) is 52.7 Å². The smallest absolute Gasteiger partial charge is 0.230 e. The maximum absolute atomic E-state index is 13.6. The molecular formula is C24H33N3O2S. The molecule has 1 unspecified atom stereocenters. The van der Waals surface area contributed by atoms with Crippen LogP contribution >= 0.6 is 11.3 Å². The molecule has 1 fully saturated rings. The average molecular weight is 428 g/mol. The van der Waals surface area contributed by atoms with Crippen molar-refractivity contribution in [2.45, 2.75) is 45.1 Å². The fourth-order valence-corrected chi connectivity index (χ4v) is 5.26. The Hall–Kier alpha value is -2.18. The molecule has 3 rings (SSSR count). The van der Waals surface area contributed by atoms with Crippen LogP contribution in [0.1, 0.15) is 50.8 Å². The molecule has 30 heavy (non-hydrogen) atoms. The first-order chi connectivity index (χ1) is 14.5. The van der Waals surface area contributed by atoms with Gasteiger partial charge in [0.25, 0.3) is 0 Å². The Morgan fingerprint density at radius 3 is 2.33 bits per heavy atom. The van der Waals surface area contributed by atoms with E-state index >= 15 is 0 Å². The fourth-order valence-electron chi connectivity index (χ4n) is 4.55. The first kappa shape index (κ1) is 22.5. The first-order valence-corrected chi connectivity index (χ1v) is 11.8. The van der Waals surface area contributed by atoms with Gasteiger partial charge in [0.2, 0.25) is 11.8 Å². The number of nitrogens with zero attached hydrogens (tertiary/aromatic N) is 2. The minimum atomic E-state index is -0.588. The molecule has 162 valence electrons. The lowest BCUT2D eigenvalue weighted by molar-refractivity contribution is -0.135. The molecule has 0 aliphatic carbocycles. The minimum Gasteiger partial charge on any atom is -0.353 e. The Labute approximate surface area is 184 Å². The third kappa shape index (κ3) is 4.76. The van der Waals surface area contributed by atoms with Crippen LogP contribution in [0.25, 0.3) is 0 Å². The fraction of sp³-hybridized carbons (Fsp3) is 0.500. The van der Waals surface area contributed by atoms with Crippen LogP contribution in [0.5, 0.6) is 0 Å². The van der Waals surface area contributed by atoms with Gasteiger partial charge in [-0.3, -0.25) is 14.5 Å². The molecule has 0 saturated carbocycles. The van der Waals surface area contributed by atoms with Gasteiger partial charge in [-0.2, -0.15) is 11.3 Å². The third-order valence-corrected chi connectivity index (χ3v) is 7.16. The zero-order valence-electron chi connectivity index (χ0n) is 18.3. The highest BCUT2D eigenvalue weighted by Gasteiger charge is 2.43. The van der Waals surface area contributed by atoms with Gasteiger partial charge in [0.1, 0.15) is 0 Å². The number of hydrogen-bond donors (Lipinski definition) is 1. The quantitative estimate of drug-likeness (QED) is 0.697. The maximum atomic E-state index is 13.6. The molecule has 2 aromatic rings. The van der Waals surface area contributed by atoms with Crippen molar-refractivity contribution in [2.75, 3.05) is 32.7 Å². The molecule has 2 amide bonds. The van der Waals surface area contributed by atoms with Crippen molar-refractivity contribution in [1.82, 2.24) is 15.1 Å². The largest absolute Gasteiger partial charge is 0.353 e. The van der Waals surface area contributed by atoms with E-state index < -0.39 is 5.41 Å². The summed E-state index contributed by atoms with van der Waals surface area (Å²) in [5.41, 5.74) is 1.71. The van der Waals surface area contributed by atoms with Gasteiger partial charge >= 0.3 is 0 Å². The van der Waals surface area contributed by atoms with E-state index in [0.717, 1.165) is 18.7 Å². The molecule has 0 bridgehead atoms. The number of thiophene rings is 1. The monoisotopic (exact) mass is 427 g/mol. The Kier molecular flexibility index (Phi) is 7.67. The lowest BCUT2D eigenvalue weighted by Crippen LogP contribution is -2.53. The van der Waals surface area contributed by atoms with Gasteiger partial charge in [-0.15, -0.1) is 0 Å². The highest BCUT2D eigenvalue weighted by atomic mass is 32.1. The summed E-state index contributed by atoms with van der Waals surface area (Å²) in [5.74, 6) is 0.153. The van der Waals surface area contributed by atoms with Gasteiger partial charge in [-0.25, -0.2) is 0 Å². The van der Waals surface area contributed by atoms with Gasteiger partial charge in [-0.1, -0.05) is 44.2 Å². The lowest BCUT2D eigenvalue weighted by Gasteiger charge is -2.41. The number of carbonyl (C=O) groups is 2. The molecule has 1 atom stereocenters. The van der Waals surface area contributed by atoms with E-state index in [0.29, 0.717) is 32.5 Å². The van der Waals surface area contributed by atoms with Gasteiger partial charge in [0.05, 0.1) is 11.5 Å². The number of carbonyl (C=O) groups excluding carboxylic acids is 2. The maximum Gasteiger partial charge on any atom is 0.230 e. The van der Waals surface area contributed by atoms with E-state index in [1.165, 1.54) is 5.56 Å². The first-order valence-electron chi connectivity index (χ1n) is 10.9. The summed E-state index contributed by atoms with van der Waals surface area (Å²) in [6.45, 7) is 9.60. The number of amides is 2. The van der Waals surface area contributed by atoms with E-state index in [4.69, 9.17) is 0 Å². The number of likely N-dealkylation sites (N-methyl/N-ethyl adjacent to an activating group) is 1. The molecule has 0 radical (unpaired) electrons. The van der Waals surface area contributed by atoms with Crippen molar-refractivity contribution in [3.05, 3.63) is 58.3 Å². The van der Waals surface area contributed by atoms with Crippen LogP contribution in [0.4, 0.5) is 0 Å². The number of nitrogens with one attached hydrogen (secondary N) is 1. The van der Waals surface area contributed by atoms with Crippen molar-refractivity contribution >= 4 is 23.2 Å². The predicted molar refractivity (Wildman–Crippen MR) is 123 cm³/mol. The Morgan fingerprint density at radius 1 is 1.13 bits per heavy atom. The third-order valence-electron chi connectivity index (χ3n) is 6.46. The van der Waals surface area contributed by atoms with Crippen molar-refractivity contribution < 1.29 is 9.59 Å². The normalized spacial score (nSPS) is 17.0. The van der Waals surface area contributed by atoms with Crippen molar-refractivity contribution in [3.63, 3.8) is 0 Å². The number of benzene rings is 1. The summed E-state index contributed by atoms with van der Waals surface area (Å²) in [6, 6.07) is 12.4. The summed E-state index contributed by atoms with van der Waals surface area (Å²) in [4.78, 5) is 29.7. The molecule has 1 aliphatic rings. The second kappa shape index (κ2) is 10.2. The molecule has 6 heteroatoms. The van der Waals surface area contributed by atoms with E-state index in [-0.39, 0.29) is 17.9 Å². The SMILES string of the molecule is CCN(CC)C(CNC(=O)C1(c2ccccc2)CCN(C(C)=O)CC1)c1ccsc1. The molecule has 1 aliphatic heterocycles. The molecular weight excluding hydrogens is 394 g/mol. The van der Waals surface area contributed by atoms with Crippen LogP contribution in [0.2, 0.25) is 0 Å². The Bertz CT molecular complexity index is 810. The highest BCUT2D eigenvalue weighted by molar-refractivity contribution is 7.07. The number of piperidine rings is 1. The summed E-state index contributed by atoms with van der Waals surface area (Å²) in [7, 11) is 0. The average Bonchev–Trinajstić information content (AvgIpc) is 3.31. The summed E-state index contributed by atoms with van der Waals surface area (Å²) in [6.07, 6.45) is 1.30. The van der Waals surface area contributed by atoms with E-state index in [1.54, 1.807) is 18.3 Å². The van der Waals surface area contributed by atoms with Gasteiger partial charge in [0.15, 0.2) is 0 Å². The molecule has 1 aromatic heterocycles. The number of hydrogen-bond acceptors (Lipinski definition) is 4. The van der Waals surface area contributed by atoms with Crippen LogP contribution < -0.4 is 5.32 Å². The van der Waals surface area contributed by atoms with Crippen LogP contribution in [0.3, 0.4) is 0 Å². The summed E-state index contributed by atoms with van der Waals surface area (Å²) in [5, 5.41) is 7.56. The molecule has 1 saturated heterocycles. The van der Waals surface area contributed by atoms with Gasteiger partial charge in [0, 0.05) is 26.6 Å². The van der Waals surface area contributed by atoms with Crippen molar-refractivity contribution in [2.24, 2.45) is 0 Å². The van der Waals surface area contributed by atoms with Crippen molar-refractivity contribution in [1.29, 1.82) is 0 Å². The highest BCUT2D eigenvalue weighted by Crippen LogP contribution is 2.36. The number of rotatable bonds is 8. The summed E-state index contributed by atoms with van der Waals surface area (Å²) >= 11 is 1.69. The van der Waals surface area contributed by atoms with Gasteiger partial charge in [-0.05, 0) is 53.9 Å². The van der Waals surface area contributed by atoms with Crippen LogP contribution in [-0.2, 0) is 15.0 Å². The second-order valence-electron chi connectivity index (χ2n) is 7.96. The van der Waals surface area contributed by atoms with E-state index in [9.17, 15) is 9.59 Å². The second-order valence-corrected chi connectivity index (χ2v) is 8.74. The zero-order chi connectivity index (χ0) is 21.6. The van der Waals surface area contributed by atoms with Crippen LogP contribution in [-0.4, -0.2) is 54.3 Å². The van der Waals surface area contributed by atoms with Crippen LogP contribution in [0.15, 0.2) is 47.2 Å². The molecule has 1 N–H and O–H groups in total. The van der Waals surface area contributed by atoms with Gasteiger partial charge < -0.3 is 10.2 Å². The zero-order valence-corrected chi connectivity index (χ0v) is 19.1. The Balaban J connectivity index is 1.80. The molecule has 0 spiro atoms. The predicted octanol–water partition coefficient (Wildman–Crippen LogP) is 3.83. The molecule has 2 heterocycles. The van der Waals surface area contributed by atoms with E-state index in [2.05, 4.69) is 40.9 Å². The summed E-state index contributed by atoms with van der Waals surface area (Å²) < 4.78 is 0.